The first-order valence-electron chi connectivity index (χ1n) is 4.69. The maximum atomic E-state index is 11.6. The molecule has 0 bridgehead atoms. The van der Waals surface area contributed by atoms with Crippen molar-refractivity contribution in [1.29, 1.82) is 0 Å². The summed E-state index contributed by atoms with van der Waals surface area (Å²) in [6.45, 7) is 3.73. The van der Waals surface area contributed by atoms with Gasteiger partial charge in [0, 0.05) is 13.1 Å². The van der Waals surface area contributed by atoms with Gasteiger partial charge in [-0.3, -0.25) is 4.79 Å². The van der Waals surface area contributed by atoms with Gasteiger partial charge in [0.2, 0.25) is 0 Å². The van der Waals surface area contributed by atoms with Crippen LogP contribution < -0.4 is 0 Å². The number of carbonyl (C=O) groups excluding carboxylic acids is 1. The van der Waals surface area contributed by atoms with E-state index < -0.39 is 3.79 Å². The molecular weight excluding hydrogens is 244 g/mol. The van der Waals surface area contributed by atoms with Crippen molar-refractivity contribution in [2.75, 3.05) is 13.1 Å². The van der Waals surface area contributed by atoms with Crippen LogP contribution in [0.25, 0.3) is 0 Å². The highest BCUT2D eigenvalue weighted by Crippen LogP contribution is 2.57. The van der Waals surface area contributed by atoms with Gasteiger partial charge < -0.3 is 4.90 Å². The van der Waals surface area contributed by atoms with Gasteiger partial charge in [0.15, 0.2) is 0 Å². The van der Waals surface area contributed by atoms with Crippen LogP contribution in [-0.2, 0) is 4.79 Å². The third kappa shape index (κ3) is 1.84. The van der Waals surface area contributed by atoms with Crippen LogP contribution in [0.5, 0.6) is 0 Å². The first-order chi connectivity index (χ1) is 6.33. The Morgan fingerprint density at radius 1 is 1.50 bits per heavy atom. The van der Waals surface area contributed by atoms with Gasteiger partial charge in [-0.2, -0.15) is 0 Å². The van der Waals surface area contributed by atoms with Gasteiger partial charge in [-0.25, -0.2) is 0 Å². The van der Waals surface area contributed by atoms with Gasteiger partial charge in [0.1, 0.15) is 0 Å². The van der Waals surface area contributed by atoms with Crippen molar-refractivity contribution in [2.24, 2.45) is 11.3 Å². The average molecular weight is 257 g/mol. The highest BCUT2D eigenvalue weighted by atomic mass is 35.6. The molecule has 2 atom stereocenters. The number of likely N-dealkylation sites (tertiary alicyclic amines) is 1. The summed E-state index contributed by atoms with van der Waals surface area (Å²) in [7, 11) is 0. The monoisotopic (exact) mass is 255 g/mol. The third-order valence-electron chi connectivity index (χ3n) is 3.46. The quantitative estimate of drug-likeness (QED) is 0.610. The molecule has 1 aliphatic heterocycles. The summed E-state index contributed by atoms with van der Waals surface area (Å²) in [5, 5.41) is 0. The molecule has 0 aromatic carbocycles. The zero-order valence-corrected chi connectivity index (χ0v) is 10.2. The normalized spacial score (nSPS) is 36.6. The second-order valence-corrected chi connectivity index (χ2v) is 6.84. The van der Waals surface area contributed by atoms with Gasteiger partial charge in [-0.15, -0.1) is 0 Å². The summed E-state index contributed by atoms with van der Waals surface area (Å²) in [6, 6.07) is 0. The predicted octanol–water partition coefficient (Wildman–Crippen LogP) is 2.62. The fourth-order valence-corrected chi connectivity index (χ4v) is 2.57. The standard InChI is InChI=1S/C9H12Cl3NO/c1-8-2-3-13(5-6(8)4-8)7(14)9(10,11)12/h6H,2-5H2,1H3. The molecule has 1 aliphatic carbocycles. The smallest absolute Gasteiger partial charge is 0.274 e. The number of rotatable bonds is 0. The Morgan fingerprint density at radius 2 is 2.14 bits per heavy atom. The van der Waals surface area contributed by atoms with Crippen molar-refractivity contribution in [2.45, 2.75) is 23.6 Å². The molecule has 0 radical (unpaired) electrons. The molecule has 2 aliphatic rings. The van der Waals surface area contributed by atoms with Crippen LogP contribution in [0.15, 0.2) is 0 Å². The lowest BCUT2D eigenvalue weighted by Crippen LogP contribution is -2.44. The average Bonchev–Trinajstić information content (AvgIpc) is 2.72. The summed E-state index contributed by atoms with van der Waals surface area (Å²) in [6.07, 6.45) is 2.24. The van der Waals surface area contributed by atoms with E-state index in [1.807, 2.05) is 0 Å². The van der Waals surface area contributed by atoms with Crippen LogP contribution in [0.1, 0.15) is 19.8 Å². The zero-order chi connectivity index (χ0) is 10.6. The molecule has 0 aromatic heterocycles. The molecule has 14 heavy (non-hydrogen) atoms. The van der Waals surface area contributed by atoms with Gasteiger partial charge >= 0.3 is 0 Å². The van der Waals surface area contributed by atoms with Crippen molar-refractivity contribution < 1.29 is 4.79 Å². The molecule has 1 saturated carbocycles. The van der Waals surface area contributed by atoms with Crippen molar-refractivity contribution in [3.8, 4) is 0 Å². The van der Waals surface area contributed by atoms with E-state index >= 15 is 0 Å². The molecule has 5 heteroatoms. The lowest BCUT2D eigenvalue weighted by atomic mass is 9.98. The van der Waals surface area contributed by atoms with Crippen LogP contribution in [0, 0.1) is 11.3 Å². The van der Waals surface area contributed by atoms with Crippen molar-refractivity contribution in [3.63, 3.8) is 0 Å². The number of halogens is 3. The zero-order valence-electron chi connectivity index (χ0n) is 7.90. The van der Waals surface area contributed by atoms with E-state index in [0.717, 1.165) is 19.5 Å². The highest BCUT2D eigenvalue weighted by Gasteiger charge is 2.54. The van der Waals surface area contributed by atoms with E-state index in [1.54, 1.807) is 4.90 Å². The Labute approximate surface area is 98.5 Å². The van der Waals surface area contributed by atoms with Crippen LogP contribution in [0.4, 0.5) is 0 Å². The van der Waals surface area contributed by atoms with Crippen molar-refractivity contribution in [1.82, 2.24) is 4.90 Å². The minimum Gasteiger partial charge on any atom is -0.339 e. The minimum atomic E-state index is -1.79. The molecule has 1 saturated heterocycles. The molecule has 2 nitrogen and oxygen atoms in total. The Balaban J connectivity index is 1.98. The Bertz CT molecular complexity index is 276. The van der Waals surface area contributed by atoms with Crippen LogP contribution in [0.2, 0.25) is 0 Å². The fraction of sp³-hybridized carbons (Fsp3) is 0.889. The molecule has 0 N–H and O–H groups in total. The molecule has 2 unspecified atom stereocenters. The summed E-state index contributed by atoms with van der Waals surface area (Å²) < 4.78 is -1.79. The summed E-state index contributed by atoms with van der Waals surface area (Å²) in [4.78, 5) is 13.3. The van der Waals surface area contributed by atoms with E-state index in [0.29, 0.717) is 11.3 Å². The number of piperidine rings is 1. The molecule has 2 fully saturated rings. The van der Waals surface area contributed by atoms with Crippen LogP contribution in [0.3, 0.4) is 0 Å². The number of hydrogen-bond acceptors (Lipinski definition) is 1. The highest BCUT2D eigenvalue weighted by molar-refractivity contribution is 6.76. The Morgan fingerprint density at radius 3 is 2.64 bits per heavy atom. The van der Waals surface area contributed by atoms with E-state index in [9.17, 15) is 4.79 Å². The Hall–Kier alpha value is 0.340. The van der Waals surface area contributed by atoms with Crippen LogP contribution in [-0.4, -0.2) is 27.7 Å². The van der Waals surface area contributed by atoms with Crippen LogP contribution >= 0.6 is 34.8 Å². The Kier molecular flexibility index (Phi) is 2.45. The van der Waals surface area contributed by atoms with E-state index in [2.05, 4.69) is 6.92 Å². The first-order valence-corrected chi connectivity index (χ1v) is 5.82. The number of alkyl halides is 3. The minimum absolute atomic E-state index is 0.378. The van der Waals surface area contributed by atoms with E-state index in [1.165, 1.54) is 6.42 Å². The molecule has 80 valence electrons. The topological polar surface area (TPSA) is 20.3 Å². The summed E-state index contributed by atoms with van der Waals surface area (Å²) >= 11 is 16.7. The lowest BCUT2D eigenvalue weighted by Gasteiger charge is -2.31. The number of hydrogen-bond donors (Lipinski definition) is 0. The third-order valence-corrected chi connectivity index (χ3v) is 3.95. The lowest BCUT2D eigenvalue weighted by molar-refractivity contribution is -0.131. The molecule has 0 spiro atoms. The van der Waals surface area contributed by atoms with Gasteiger partial charge in [-0.05, 0) is 24.2 Å². The van der Waals surface area contributed by atoms with Crippen molar-refractivity contribution >= 4 is 40.7 Å². The van der Waals surface area contributed by atoms with Gasteiger partial charge in [-0.1, -0.05) is 41.7 Å². The second kappa shape index (κ2) is 3.16. The molecule has 1 heterocycles. The van der Waals surface area contributed by atoms with Gasteiger partial charge in [0.05, 0.1) is 0 Å². The van der Waals surface area contributed by atoms with E-state index in [4.69, 9.17) is 34.8 Å². The fourth-order valence-electron chi connectivity index (χ4n) is 2.21. The largest absolute Gasteiger partial charge is 0.339 e. The molecule has 2 rings (SSSR count). The number of amides is 1. The predicted molar refractivity (Wildman–Crippen MR) is 57.7 cm³/mol. The molecule has 0 aromatic rings. The number of nitrogens with zero attached hydrogens (tertiary/aromatic N) is 1. The first kappa shape index (κ1) is 10.8. The maximum Gasteiger partial charge on any atom is 0.274 e. The summed E-state index contributed by atoms with van der Waals surface area (Å²) in [5.74, 6) is 0.240. The van der Waals surface area contributed by atoms with E-state index in [-0.39, 0.29) is 5.91 Å². The maximum absolute atomic E-state index is 11.6. The van der Waals surface area contributed by atoms with Crippen molar-refractivity contribution in [3.05, 3.63) is 0 Å². The second-order valence-electron chi connectivity index (χ2n) is 4.55. The number of carbonyl (C=O) groups is 1. The summed E-state index contributed by atoms with van der Waals surface area (Å²) in [5.41, 5.74) is 0.463. The molecule has 1 amide bonds. The van der Waals surface area contributed by atoms with Gasteiger partial charge in [0.25, 0.3) is 9.70 Å². The number of fused-ring (bicyclic) bond motifs is 1. The molecular formula is C9H12Cl3NO. The SMILES string of the molecule is CC12CCN(C(=O)C(Cl)(Cl)Cl)CC1C2.